The van der Waals surface area contributed by atoms with Gasteiger partial charge >= 0.3 is 6.18 Å². The van der Waals surface area contributed by atoms with Crippen molar-refractivity contribution in [3.8, 4) is 0 Å². The SMILES string of the molecule is CCC(O)(c1ccccc1C)C(F)(F)F. The Hall–Kier alpha value is -1.03. The van der Waals surface area contributed by atoms with Gasteiger partial charge in [-0.3, -0.25) is 0 Å². The molecule has 84 valence electrons. The first-order valence-corrected chi connectivity index (χ1v) is 4.68. The molecule has 0 fully saturated rings. The van der Waals surface area contributed by atoms with Crippen LogP contribution in [0.25, 0.3) is 0 Å². The molecule has 1 rings (SSSR count). The third kappa shape index (κ3) is 2.00. The van der Waals surface area contributed by atoms with Crippen LogP contribution in [0.5, 0.6) is 0 Å². The number of hydrogen-bond donors (Lipinski definition) is 1. The molecule has 1 nitrogen and oxygen atoms in total. The zero-order chi connectivity index (χ0) is 11.7. The lowest BCUT2D eigenvalue weighted by Crippen LogP contribution is -2.42. The molecule has 4 heteroatoms. The lowest BCUT2D eigenvalue weighted by atomic mass is 9.87. The number of rotatable bonds is 2. The second kappa shape index (κ2) is 3.85. The van der Waals surface area contributed by atoms with Crippen molar-refractivity contribution in [2.45, 2.75) is 32.0 Å². The lowest BCUT2D eigenvalue weighted by Gasteiger charge is -2.31. The summed E-state index contributed by atoms with van der Waals surface area (Å²) in [7, 11) is 0. The van der Waals surface area contributed by atoms with E-state index in [1.807, 2.05) is 0 Å². The number of benzene rings is 1. The number of halogens is 3. The molecular weight excluding hydrogens is 205 g/mol. The predicted molar refractivity (Wildman–Crippen MR) is 51.4 cm³/mol. The zero-order valence-electron chi connectivity index (χ0n) is 8.60. The maximum absolute atomic E-state index is 12.7. The zero-order valence-corrected chi connectivity index (χ0v) is 8.60. The van der Waals surface area contributed by atoms with Crippen LogP contribution in [0.15, 0.2) is 24.3 Å². The highest BCUT2D eigenvalue weighted by Crippen LogP contribution is 2.42. The Labute approximate surface area is 86.5 Å². The fraction of sp³-hybridized carbons (Fsp3) is 0.455. The quantitative estimate of drug-likeness (QED) is 0.808. The summed E-state index contributed by atoms with van der Waals surface area (Å²) in [6.07, 6.45) is -5.03. The van der Waals surface area contributed by atoms with Crippen LogP contribution in [0.1, 0.15) is 24.5 Å². The maximum atomic E-state index is 12.7. The van der Waals surface area contributed by atoms with Crippen molar-refractivity contribution in [3.63, 3.8) is 0 Å². The molecule has 0 aromatic heterocycles. The van der Waals surface area contributed by atoms with E-state index in [4.69, 9.17) is 0 Å². The summed E-state index contributed by atoms with van der Waals surface area (Å²) in [5, 5.41) is 9.68. The maximum Gasteiger partial charge on any atom is 0.421 e. The molecule has 0 aliphatic rings. The Bertz CT molecular complexity index is 346. The van der Waals surface area contributed by atoms with E-state index in [1.165, 1.54) is 19.1 Å². The van der Waals surface area contributed by atoms with Gasteiger partial charge in [0.25, 0.3) is 0 Å². The van der Waals surface area contributed by atoms with Crippen LogP contribution in [-0.2, 0) is 5.60 Å². The molecule has 0 aliphatic heterocycles. The molecule has 0 saturated heterocycles. The number of aliphatic hydroxyl groups is 1. The summed E-state index contributed by atoms with van der Waals surface area (Å²) in [5.41, 5.74) is -2.36. The molecule has 0 aliphatic carbocycles. The molecule has 0 bridgehead atoms. The summed E-state index contributed by atoms with van der Waals surface area (Å²) in [6, 6.07) is 6.01. The monoisotopic (exact) mass is 218 g/mol. The number of aryl methyl sites for hydroxylation is 1. The molecule has 1 unspecified atom stereocenters. The first kappa shape index (κ1) is 12.0. The van der Waals surface area contributed by atoms with Gasteiger partial charge in [0.2, 0.25) is 0 Å². The van der Waals surface area contributed by atoms with Crippen molar-refractivity contribution < 1.29 is 18.3 Å². The fourth-order valence-electron chi connectivity index (χ4n) is 1.58. The largest absolute Gasteiger partial charge is 0.421 e. The van der Waals surface area contributed by atoms with Gasteiger partial charge in [-0.05, 0) is 24.5 Å². The van der Waals surface area contributed by atoms with Gasteiger partial charge in [0, 0.05) is 0 Å². The third-order valence-electron chi connectivity index (χ3n) is 2.57. The summed E-state index contributed by atoms with van der Waals surface area (Å²) in [5.74, 6) is 0. The standard InChI is InChI=1S/C11H13F3O/c1-3-10(15,11(12,13)14)9-7-5-4-6-8(9)2/h4-7,15H,3H2,1-2H3. The molecule has 1 N–H and O–H groups in total. The molecule has 0 saturated carbocycles. The van der Waals surface area contributed by atoms with Gasteiger partial charge in [0.1, 0.15) is 0 Å². The molecule has 0 amide bonds. The van der Waals surface area contributed by atoms with Crippen LogP contribution in [0.4, 0.5) is 13.2 Å². The first-order chi connectivity index (χ1) is 6.83. The van der Waals surface area contributed by atoms with Gasteiger partial charge < -0.3 is 5.11 Å². The van der Waals surface area contributed by atoms with Crippen LogP contribution < -0.4 is 0 Å². The van der Waals surface area contributed by atoms with Crippen molar-refractivity contribution in [2.75, 3.05) is 0 Å². The van der Waals surface area contributed by atoms with Crippen molar-refractivity contribution in [2.24, 2.45) is 0 Å². The van der Waals surface area contributed by atoms with E-state index in [-0.39, 0.29) is 12.0 Å². The summed E-state index contributed by atoms with van der Waals surface area (Å²) in [6.45, 7) is 2.88. The van der Waals surface area contributed by atoms with E-state index in [2.05, 4.69) is 0 Å². The molecular formula is C11H13F3O. The predicted octanol–water partition coefficient (Wildman–Crippen LogP) is 3.15. The van der Waals surface area contributed by atoms with Crippen LogP contribution >= 0.6 is 0 Å². The Kier molecular flexibility index (Phi) is 3.09. The van der Waals surface area contributed by atoms with Crippen molar-refractivity contribution >= 4 is 0 Å². The van der Waals surface area contributed by atoms with E-state index in [1.54, 1.807) is 19.1 Å². The summed E-state index contributed by atoms with van der Waals surface area (Å²) in [4.78, 5) is 0. The lowest BCUT2D eigenvalue weighted by molar-refractivity contribution is -0.268. The average molecular weight is 218 g/mol. The minimum Gasteiger partial charge on any atom is -0.376 e. The van der Waals surface area contributed by atoms with E-state index >= 15 is 0 Å². The molecule has 1 atom stereocenters. The molecule has 0 heterocycles. The van der Waals surface area contributed by atoms with Crippen molar-refractivity contribution in [1.29, 1.82) is 0 Å². The van der Waals surface area contributed by atoms with Crippen molar-refractivity contribution in [3.05, 3.63) is 35.4 Å². The Morgan fingerprint density at radius 2 is 1.73 bits per heavy atom. The van der Waals surface area contributed by atoms with Crippen LogP contribution in [0.3, 0.4) is 0 Å². The van der Waals surface area contributed by atoms with Crippen LogP contribution in [0, 0.1) is 6.92 Å². The Morgan fingerprint density at radius 3 is 2.13 bits per heavy atom. The second-order valence-electron chi connectivity index (χ2n) is 3.53. The number of alkyl halides is 3. The Balaban J connectivity index is 3.30. The molecule has 0 spiro atoms. The average Bonchev–Trinajstić information content (AvgIpc) is 2.15. The highest BCUT2D eigenvalue weighted by Gasteiger charge is 2.53. The van der Waals surface area contributed by atoms with Gasteiger partial charge in [0.05, 0.1) is 0 Å². The topological polar surface area (TPSA) is 20.2 Å². The highest BCUT2D eigenvalue weighted by atomic mass is 19.4. The first-order valence-electron chi connectivity index (χ1n) is 4.68. The van der Waals surface area contributed by atoms with Crippen molar-refractivity contribution in [1.82, 2.24) is 0 Å². The molecule has 1 aromatic carbocycles. The van der Waals surface area contributed by atoms with Crippen LogP contribution in [-0.4, -0.2) is 11.3 Å². The van der Waals surface area contributed by atoms with E-state index < -0.39 is 11.8 Å². The minimum atomic E-state index is -4.64. The van der Waals surface area contributed by atoms with Gasteiger partial charge in [-0.15, -0.1) is 0 Å². The normalized spacial score (nSPS) is 16.1. The smallest absolute Gasteiger partial charge is 0.376 e. The van der Waals surface area contributed by atoms with Gasteiger partial charge in [0.15, 0.2) is 5.60 Å². The minimum absolute atomic E-state index is 0.0694. The molecule has 15 heavy (non-hydrogen) atoms. The van der Waals surface area contributed by atoms with Gasteiger partial charge in [-0.1, -0.05) is 31.2 Å². The van der Waals surface area contributed by atoms with E-state index in [0.717, 1.165) is 0 Å². The van der Waals surface area contributed by atoms with Crippen LogP contribution in [0.2, 0.25) is 0 Å². The molecule has 1 aromatic rings. The summed E-state index contributed by atoms with van der Waals surface area (Å²) >= 11 is 0. The van der Waals surface area contributed by atoms with E-state index in [9.17, 15) is 18.3 Å². The van der Waals surface area contributed by atoms with E-state index in [0.29, 0.717) is 5.56 Å². The summed E-state index contributed by atoms with van der Waals surface area (Å²) < 4.78 is 38.2. The van der Waals surface area contributed by atoms with Gasteiger partial charge in [-0.25, -0.2) is 0 Å². The molecule has 0 radical (unpaired) electrons. The fourth-order valence-corrected chi connectivity index (χ4v) is 1.58. The number of hydrogen-bond acceptors (Lipinski definition) is 1. The second-order valence-corrected chi connectivity index (χ2v) is 3.53. The third-order valence-corrected chi connectivity index (χ3v) is 2.57. The van der Waals surface area contributed by atoms with Gasteiger partial charge in [-0.2, -0.15) is 13.2 Å². The highest BCUT2D eigenvalue weighted by molar-refractivity contribution is 5.32. The Morgan fingerprint density at radius 1 is 1.20 bits per heavy atom.